The van der Waals surface area contributed by atoms with Gasteiger partial charge in [0.2, 0.25) is 17.7 Å². The molecule has 12 unspecified atom stereocenters. The molecule has 6 saturated carbocycles. The third-order valence-electron chi connectivity index (χ3n) is 27.1. The Balaban J connectivity index is 0.000000139. The summed E-state index contributed by atoms with van der Waals surface area (Å²) in [5, 5.41) is 11.2. The fraction of sp³-hybridized carbons (Fsp3) is 0.575. The van der Waals surface area contributed by atoms with Crippen LogP contribution in [0.1, 0.15) is 201 Å². The van der Waals surface area contributed by atoms with Gasteiger partial charge in [-0.1, -0.05) is 22.9 Å². The number of likely N-dealkylation sites (tertiary alicyclic amines) is 4. The quantitative estimate of drug-likeness (QED) is 0.0480. The van der Waals surface area contributed by atoms with E-state index in [2.05, 4.69) is 39.9 Å². The van der Waals surface area contributed by atoms with Crippen molar-refractivity contribution in [1.82, 2.24) is 55.0 Å². The van der Waals surface area contributed by atoms with Gasteiger partial charge in [0, 0.05) is 110 Å². The molecule has 4 aromatic heterocycles. The van der Waals surface area contributed by atoms with Crippen LogP contribution in [0.15, 0.2) is 117 Å². The molecular weight excluding hydrogens is 1950 g/mol. The molecule has 4 amide bonds. The van der Waals surface area contributed by atoms with E-state index in [4.69, 9.17) is 37.1 Å². The summed E-state index contributed by atoms with van der Waals surface area (Å²) >= 11 is 0. The minimum atomic E-state index is -4.75. The molecule has 0 radical (unpaired) electrons. The number of piperidine rings is 4. The number of oxazole rings is 1. The number of carbonyl (C=O) groups excluding carboxylic acids is 4. The Morgan fingerprint density at radius 1 is 0.435 bits per heavy atom. The Morgan fingerprint density at radius 2 is 0.790 bits per heavy atom. The van der Waals surface area contributed by atoms with Gasteiger partial charge in [0.05, 0.1) is 76.7 Å². The number of hydrogen-bond donors (Lipinski definition) is 0. The highest BCUT2D eigenvalue weighted by Gasteiger charge is 2.72. The van der Waals surface area contributed by atoms with Crippen LogP contribution in [0.4, 0.5) is 65.9 Å². The Morgan fingerprint density at radius 3 is 1.13 bits per heavy atom. The maximum absolute atomic E-state index is 13.8. The number of fused-ring (bicyclic) bond motifs is 4. The molecular formula is C87H94F15N11O21S4. The minimum Gasteiger partial charge on any atom is -0.487 e. The minimum absolute atomic E-state index is 0. The highest BCUT2D eigenvalue weighted by molar-refractivity contribution is 7.91. The molecule has 6 aliphatic carbocycles. The molecule has 5 aliphatic heterocycles. The fourth-order valence-corrected chi connectivity index (χ4v) is 20.4. The molecule has 752 valence electrons. The predicted molar refractivity (Wildman–Crippen MR) is 448 cm³/mol. The molecule has 0 N–H and O–H groups in total. The first-order valence-electron chi connectivity index (χ1n) is 43.0. The van der Waals surface area contributed by atoms with Gasteiger partial charge in [0.15, 0.2) is 80.8 Å². The van der Waals surface area contributed by atoms with Gasteiger partial charge in [-0.15, -0.1) is 0 Å². The molecule has 138 heavy (non-hydrogen) atoms. The zero-order valence-electron chi connectivity index (χ0n) is 74.4. The number of carbonyl (C=O) groups is 4. The monoisotopic (exact) mass is 2040 g/mol. The molecule has 11 fully saturated rings. The van der Waals surface area contributed by atoms with Crippen molar-refractivity contribution in [2.24, 2.45) is 23.7 Å². The first-order chi connectivity index (χ1) is 63.4. The number of halogens is 15. The molecule has 0 spiro atoms. The SMILES string of the molecule is C.CC(Oc1ccc(S(C)(=O)=O)cc1C(=O)N1CC2CC2(c2nc(C(F)(F)F)co2)C1)C(C)(F)F.CC(Oc1ccc(S(C)(=O)=O)cc1C(=O)N1CC2CC2(c2nc(C3(C(F)(F)F)CC3)no2)C1)C(C)(F)F.CC(Oc1ccc(S(C)(=O)=O)cc1C(=O)N1CC2CC2(c2nc(C3CC3)no2)C1)C(C)(F)F.CS(=O)(=O)c1ccc(OC2CCOC2)c(C(=O)N2CC3CC3(c3noc(C(F)(F)F)n3)C2)c1. The Bertz CT molecular complexity index is 6590. The van der Waals surface area contributed by atoms with Gasteiger partial charge in [-0.25, -0.2) is 65.0 Å². The molecule has 11 aliphatic rings. The lowest BCUT2D eigenvalue weighted by atomic mass is 10.0. The number of sulfone groups is 4. The summed E-state index contributed by atoms with van der Waals surface area (Å²) in [5.41, 5.74) is -6.57. The van der Waals surface area contributed by atoms with Gasteiger partial charge in [-0.05, 0) is 169 Å². The standard InChI is InChI=1S/C23H24F5N3O5S.C22H25F2N3O5S.C21H21F5N2O5S.C20H20F3N3O6S.CH4/c1-12(20(2,24)25)35-16-5-4-14(37(3,33)34)8-15(16)17(32)31-10-13-9-21(13,11-31)19-29-18(30-36-19)22(6-7-22)23(26,27)28;1-12(21(2,23)24)31-17-7-6-15(33(3,29)30)8-16(17)19(28)27-10-14-9-22(14,11-27)20-25-18(26-32-20)13-4-5-13;1-11(19(2,22)23)33-15-5-4-13(34(3,30)31)6-14(15)17(29)28-8-12-7-20(12,10-28)18-27-16(9-32-18)21(24,25)26;1-33(28,29)13-2-3-15(31-12-4-5-30-9-12)14(6-13)16(27)26-8-11-7-19(11,10-26)17-24-18(32-25-17)20(21,22)23;/h4-5,8,12-13H,6-7,9-11H2,1-3H3;6-8,12-14H,4-5,9-11H2,1-3H3;4-6,9,11-12H,7-8,10H2,1-3H3;2-3,6,11-12H,4-5,7-10H2,1H3;1H4. The summed E-state index contributed by atoms with van der Waals surface area (Å²) in [5.74, 6) is -12.9. The summed E-state index contributed by atoms with van der Waals surface area (Å²) < 4.78 is 344. The van der Waals surface area contributed by atoms with Crippen LogP contribution in [-0.4, -0.2) is 251 Å². The first kappa shape index (κ1) is 102. The van der Waals surface area contributed by atoms with Crippen molar-refractivity contribution in [3.05, 3.63) is 148 Å². The van der Waals surface area contributed by atoms with E-state index < -0.39 is 162 Å². The van der Waals surface area contributed by atoms with E-state index in [9.17, 15) is 119 Å². The van der Waals surface area contributed by atoms with Crippen LogP contribution >= 0.6 is 0 Å². The van der Waals surface area contributed by atoms with E-state index in [-0.39, 0.29) is 172 Å². The Kier molecular flexibility index (Phi) is 25.7. The highest BCUT2D eigenvalue weighted by atomic mass is 32.2. The number of aromatic nitrogens is 7. The Labute approximate surface area is 779 Å². The van der Waals surface area contributed by atoms with E-state index in [1.807, 2.05) is 0 Å². The van der Waals surface area contributed by atoms with Gasteiger partial charge in [-0.3, -0.25) is 19.2 Å². The van der Waals surface area contributed by atoms with Crippen molar-refractivity contribution in [2.45, 2.75) is 220 Å². The zero-order valence-corrected chi connectivity index (χ0v) is 77.7. The lowest BCUT2D eigenvalue weighted by Gasteiger charge is -2.25. The smallest absolute Gasteiger partial charge is 0.471 e. The summed E-state index contributed by atoms with van der Waals surface area (Å²) in [4.78, 5) is 74.6. The molecule has 12 atom stereocenters. The molecule has 4 aromatic carbocycles. The predicted octanol–water partition coefficient (Wildman–Crippen LogP) is 13.7. The first-order valence-corrected chi connectivity index (χ1v) is 50.5. The summed E-state index contributed by atoms with van der Waals surface area (Å²) in [6.07, 6.45) is -9.59. The van der Waals surface area contributed by atoms with Gasteiger partial charge in [0.25, 0.3) is 41.4 Å². The van der Waals surface area contributed by atoms with Crippen molar-refractivity contribution in [2.75, 3.05) is 90.6 Å². The highest BCUT2D eigenvalue weighted by Crippen LogP contribution is 2.64. The van der Waals surface area contributed by atoms with Gasteiger partial charge in [0.1, 0.15) is 40.8 Å². The van der Waals surface area contributed by atoms with E-state index in [0.717, 1.165) is 95.4 Å². The molecule has 19 rings (SSSR count). The van der Waals surface area contributed by atoms with Crippen molar-refractivity contribution in [1.29, 1.82) is 0 Å². The van der Waals surface area contributed by atoms with Crippen molar-refractivity contribution in [3.63, 3.8) is 0 Å². The maximum atomic E-state index is 13.8. The maximum Gasteiger partial charge on any atom is 0.471 e. The molecule has 0 bridgehead atoms. The van der Waals surface area contributed by atoms with Gasteiger partial charge >= 0.3 is 24.4 Å². The van der Waals surface area contributed by atoms with Gasteiger partial charge < -0.3 is 61.3 Å². The van der Waals surface area contributed by atoms with Crippen LogP contribution in [0.5, 0.6) is 23.0 Å². The molecule has 8 aromatic rings. The van der Waals surface area contributed by atoms with Crippen LogP contribution in [0.25, 0.3) is 0 Å². The number of benzene rings is 4. The van der Waals surface area contributed by atoms with Crippen molar-refractivity contribution in [3.8, 4) is 23.0 Å². The lowest BCUT2D eigenvalue weighted by molar-refractivity contribution is -0.162. The molecule has 5 saturated heterocycles. The third kappa shape index (κ3) is 20.2. The van der Waals surface area contributed by atoms with E-state index >= 15 is 0 Å². The second kappa shape index (κ2) is 34.9. The Hall–Kier alpha value is -10.7. The fourth-order valence-electron chi connectivity index (χ4n) is 17.8. The molecule has 9 heterocycles. The number of rotatable bonds is 25. The second-order valence-electron chi connectivity index (χ2n) is 37.6. The summed E-state index contributed by atoms with van der Waals surface area (Å²) in [6, 6.07) is 14.6. The summed E-state index contributed by atoms with van der Waals surface area (Å²) in [6.45, 7) is 7.87. The number of ether oxygens (including phenoxy) is 5. The van der Waals surface area contributed by atoms with E-state index in [1.165, 1.54) is 64.1 Å². The second-order valence-corrected chi connectivity index (χ2v) is 45.7. The number of hydrogen-bond acceptors (Lipinski definition) is 28. The van der Waals surface area contributed by atoms with Crippen LogP contribution in [0.2, 0.25) is 0 Å². The van der Waals surface area contributed by atoms with Crippen LogP contribution < -0.4 is 18.9 Å². The van der Waals surface area contributed by atoms with Crippen molar-refractivity contribution < 1.29 is 160 Å². The summed E-state index contributed by atoms with van der Waals surface area (Å²) in [7, 11) is -14.7. The average Bonchev–Trinajstić information content (AvgIpc) is 1.29. The largest absolute Gasteiger partial charge is 0.487 e. The molecule has 51 heteroatoms. The number of amides is 4. The van der Waals surface area contributed by atoms with Crippen molar-refractivity contribution >= 4 is 63.0 Å². The van der Waals surface area contributed by atoms with Crippen LogP contribution in [0, 0.1) is 23.7 Å². The number of nitrogens with zero attached hydrogens (tertiary/aromatic N) is 11. The topological polar surface area (TPSA) is 407 Å². The average molecular weight is 2040 g/mol. The van der Waals surface area contributed by atoms with Crippen LogP contribution in [0.3, 0.4) is 0 Å². The lowest BCUT2D eigenvalue weighted by Crippen LogP contribution is -2.35. The van der Waals surface area contributed by atoms with Gasteiger partial charge in [-0.2, -0.15) is 54.5 Å². The number of alkyl halides is 15. The molecule has 32 nitrogen and oxygen atoms in total. The van der Waals surface area contributed by atoms with E-state index in [1.54, 1.807) is 4.90 Å². The normalized spacial score (nSPS) is 25.2. The third-order valence-corrected chi connectivity index (χ3v) is 31.6. The zero-order chi connectivity index (χ0) is 99.8. The van der Waals surface area contributed by atoms with Crippen LogP contribution in [-0.2, 0) is 83.5 Å². The van der Waals surface area contributed by atoms with E-state index in [0.29, 0.717) is 89.7 Å².